The Bertz CT molecular complexity index is 427. The maximum Gasteiger partial charge on any atom is 0.238 e. The summed E-state index contributed by atoms with van der Waals surface area (Å²) in [6.45, 7) is 2.42. The molecule has 1 aromatic carbocycles. The maximum atomic E-state index is 12.0. The van der Waals surface area contributed by atoms with Gasteiger partial charge < -0.3 is 10.6 Å². The minimum Gasteiger partial charge on any atom is -0.325 e. The number of likely N-dealkylation sites (N-methyl/N-ethyl adjacent to an activating group) is 1. The van der Waals surface area contributed by atoms with E-state index in [9.17, 15) is 4.79 Å². The van der Waals surface area contributed by atoms with Crippen molar-refractivity contribution in [2.24, 2.45) is 0 Å². The van der Waals surface area contributed by atoms with Crippen molar-refractivity contribution in [3.8, 4) is 0 Å². The number of benzene rings is 1. The standard InChI is InChI=1S/C14H20BrN3O.ClH/c1-16-13-3-2-8-18(9-13)10-14(19)17-12-6-4-11(15)5-7-12;/h4-7,13,16H,2-3,8-10H2,1H3,(H,17,19);1H. The van der Waals surface area contributed by atoms with Crippen molar-refractivity contribution in [1.82, 2.24) is 10.2 Å². The first-order chi connectivity index (χ1) is 9.17. The molecule has 0 bridgehead atoms. The van der Waals surface area contributed by atoms with Gasteiger partial charge in [-0.1, -0.05) is 15.9 Å². The Labute approximate surface area is 134 Å². The van der Waals surface area contributed by atoms with Crippen molar-refractivity contribution in [2.75, 3.05) is 32.0 Å². The first-order valence-electron chi connectivity index (χ1n) is 6.62. The normalized spacial score (nSPS) is 19.2. The SMILES string of the molecule is CNC1CCCN(CC(=O)Nc2ccc(Br)cc2)C1.Cl. The highest BCUT2D eigenvalue weighted by Crippen LogP contribution is 2.14. The molecule has 0 aliphatic carbocycles. The summed E-state index contributed by atoms with van der Waals surface area (Å²) in [6, 6.07) is 8.15. The summed E-state index contributed by atoms with van der Waals surface area (Å²) in [5, 5.41) is 6.21. The fraction of sp³-hybridized carbons (Fsp3) is 0.500. The van der Waals surface area contributed by atoms with Gasteiger partial charge in [0, 0.05) is 22.7 Å². The lowest BCUT2D eigenvalue weighted by molar-refractivity contribution is -0.117. The predicted octanol–water partition coefficient (Wildman–Crippen LogP) is 2.49. The second kappa shape index (κ2) is 8.62. The van der Waals surface area contributed by atoms with E-state index in [0.29, 0.717) is 12.6 Å². The van der Waals surface area contributed by atoms with Gasteiger partial charge in [-0.3, -0.25) is 9.69 Å². The predicted molar refractivity (Wildman–Crippen MR) is 88.5 cm³/mol. The van der Waals surface area contributed by atoms with Crippen LogP contribution in [0.5, 0.6) is 0 Å². The van der Waals surface area contributed by atoms with Crippen LogP contribution in [-0.4, -0.2) is 43.5 Å². The number of nitrogens with zero attached hydrogens (tertiary/aromatic N) is 1. The highest BCUT2D eigenvalue weighted by atomic mass is 79.9. The molecule has 0 saturated carbocycles. The molecule has 20 heavy (non-hydrogen) atoms. The number of nitrogens with one attached hydrogen (secondary N) is 2. The molecule has 2 N–H and O–H groups in total. The number of anilines is 1. The van der Waals surface area contributed by atoms with Gasteiger partial charge in [0.1, 0.15) is 0 Å². The van der Waals surface area contributed by atoms with E-state index < -0.39 is 0 Å². The fourth-order valence-electron chi connectivity index (χ4n) is 2.37. The number of piperidine rings is 1. The minimum atomic E-state index is 0. The number of likely N-dealkylation sites (tertiary alicyclic amines) is 1. The van der Waals surface area contributed by atoms with E-state index in [1.807, 2.05) is 31.3 Å². The van der Waals surface area contributed by atoms with Crippen LogP contribution in [-0.2, 0) is 4.79 Å². The molecule has 1 aliphatic heterocycles. The van der Waals surface area contributed by atoms with E-state index in [0.717, 1.165) is 29.7 Å². The molecule has 0 aromatic heterocycles. The quantitative estimate of drug-likeness (QED) is 0.865. The number of halogens is 2. The number of amides is 1. The lowest BCUT2D eigenvalue weighted by Gasteiger charge is -2.31. The van der Waals surface area contributed by atoms with Gasteiger partial charge in [-0.2, -0.15) is 0 Å². The minimum absolute atomic E-state index is 0. The number of hydrogen-bond donors (Lipinski definition) is 2. The van der Waals surface area contributed by atoms with Crippen LogP contribution in [0.25, 0.3) is 0 Å². The fourth-order valence-corrected chi connectivity index (χ4v) is 2.64. The van der Waals surface area contributed by atoms with Gasteiger partial charge in [-0.25, -0.2) is 0 Å². The number of hydrogen-bond acceptors (Lipinski definition) is 3. The summed E-state index contributed by atoms with van der Waals surface area (Å²) in [6.07, 6.45) is 2.35. The van der Waals surface area contributed by atoms with Crippen LogP contribution in [0.2, 0.25) is 0 Å². The van der Waals surface area contributed by atoms with Crippen LogP contribution < -0.4 is 10.6 Å². The molecule has 6 heteroatoms. The molecule has 1 aliphatic rings. The van der Waals surface area contributed by atoms with Crippen molar-refractivity contribution >= 4 is 39.9 Å². The van der Waals surface area contributed by atoms with Crippen LogP contribution in [0.3, 0.4) is 0 Å². The summed E-state index contributed by atoms with van der Waals surface area (Å²) in [5.41, 5.74) is 0.843. The zero-order valence-corrected chi connectivity index (χ0v) is 14.0. The lowest BCUT2D eigenvalue weighted by Crippen LogP contribution is -2.46. The van der Waals surface area contributed by atoms with Crippen molar-refractivity contribution in [3.63, 3.8) is 0 Å². The van der Waals surface area contributed by atoms with Crippen molar-refractivity contribution < 1.29 is 4.79 Å². The Balaban J connectivity index is 0.00000200. The molecule has 1 aromatic rings. The first-order valence-corrected chi connectivity index (χ1v) is 7.41. The maximum absolute atomic E-state index is 12.0. The second-order valence-corrected chi connectivity index (χ2v) is 5.83. The summed E-state index contributed by atoms with van der Waals surface area (Å²) < 4.78 is 1.01. The third-order valence-electron chi connectivity index (χ3n) is 3.41. The summed E-state index contributed by atoms with van der Waals surface area (Å²) in [4.78, 5) is 14.2. The Morgan fingerprint density at radius 1 is 1.40 bits per heavy atom. The van der Waals surface area contributed by atoms with Gasteiger partial charge in [0.15, 0.2) is 0 Å². The topological polar surface area (TPSA) is 44.4 Å². The molecule has 4 nitrogen and oxygen atoms in total. The Morgan fingerprint density at radius 2 is 2.10 bits per heavy atom. The first kappa shape index (κ1) is 17.4. The van der Waals surface area contributed by atoms with Gasteiger partial charge in [0.05, 0.1) is 6.54 Å². The Hall–Kier alpha value is -0.620. The molecule has 1 unspecified atom stereocenters. The molecule has 112 valence electrons. The Morgan fingerprint density at radius 3 is 2.75 bits per heavy atom. The third-order valence-corrected chi connectivity index (χ3v) is 3.94. The third kappa shape index (κ3) is 5.40. The summed E-state index contributed by atoms with van der Waals surface area (Å²) >= 11 is 3.38. The molecule has 1 saturated heterocycles. The van der Waals surface area contributed by atoms with Gasteiger partial charge in [0.2, 0.25) is 5.91 Å². The molecule has 1 amide bonds. The van der Waals surface area contributed by atoms with E-state index in [4.69, 9.17) is 0 Å². The number of rotatable bonds is 4. The second-order valence-electron chi connectivity index (χ2n) is 4.92. The molecule has 1 heterocycles. The van der Waals surface area contributed by atoms with Gasteiger partial charge >= 0.3 is 0 Å². The Kier molecular flexibility index (Phi) is 7.51. The molecular weight excluding hydrogens is 342 g/mol. The average Bonchev–Trinajstić information content (AvgIpc) is 2.41. The van der Waals surface area contributed by atoms with Crippen molar-refractivity contribution in [1.29, 1.82) is 0 Å². The van der Waals surface area contributed by atoms with E-state index in [1.165, 1.54) is 6.42 Å². The zero-order valence-electron chi connectivity index (χ0n) is 11.6. The van der Waals surface area contributed by atoms with Crippen LogP contribution in [0.15, 0.2) is 28.7 Å². The van der Waals surface area contributed by atoms with Gasteiger partial charge in [-0.05, 0) is 50.7 Å². The summed E-state index contributed by atoms with van der Waals surface area (Å²) in [5.74, 6) is 0.0547. The van der Waals surface area contributed by atoms with E-state index in [1.54, 1.807) is 0 Å². The molecule has 0 spiro atoms. The highest BCUT2D eigenvalue weighted by Gasteiger charge is 2.20. The van der Waals surface area contributed by atoms with E-state index >= 15 is 0 Å². The molecular formula is C14H21BrClN3O. The largest absolute Gasteiger partial charge is 0.325 e. The van der Waals surface area contributed by atoms with E-state index in [2.05, 4.69) is 31.5 Å². The van der Waals surface area contributed by atoms with E-state index in [-0.39, 0.29) is 18.3 Å². The van der Waals surface area contributed by atoms with Crippen LogP contribution in [0.4, 0.5) is 5.69 Å². The number of carbonyl (C=O) groups excluding carboxylic acids is 1. The number of carbonyl (C=O) groups is 1. The van der Waals surface area contributed by atoms with Crippen molar-refractivity contribution in [3.05, 3.63) is 28.7 Å². The summed E-state index contributed by atoms with van der Waals surface area (Å²) in [7, 11) is 1.98. The van der Waals surface area contributed by atoms with Gasteiger partial charge in [-0.15, -0.1) is 12.4 Å². The zero-order chi connectivity index (χ0) is 13.7. The van der Waals surface area contributed by atoms with Gasteiger partial charge in [0.25, 0.3) is 0 Å². The highest BCUT2D eigenvalue weighted by molar-refractivity contribution is 9.10. The smallest absolute Gasteiger partial charge is 0.238 e. The molecule has 2 rings (SSSR count). The molecule has 1 fully saturated rings. The molecule has 1 atom stereocenters. The monoisotopic (exact) mass is 361 g/mol. The molecule has 0 radical (unpaired) electrons. The van der Waals surface area contributed by atoms with Crippen LogP contribution in [0.1, 0.15) is 12.8 Å². The van der Waals surface area contributed by atoms with Crippen LogP contribution >= 0.6 is 28.3 Å². The lowest BCUT2D eigenvalue weighted by atomic mass is 10.1. The van der Waals surface area contributed by atoms with Crippen LogP contribution in [0, 0.1) is 0 Å². The van der Waals surface area contributed by atoms with Crippen molar-refractivity contribution in [2.45, 2.75) is 18.9 Å². The average molecular weight is 363 g/mol.